The number of thiophene rings is 1. The number of aryl methyl sites for hydroxylation is 1. The highest BCUT2D eigenvalue weighted by atomic mass is 35.5. The van der Waals surface area contributed by atoms with Crippen LogP contribution in [0.15, 0.2) is 30.3 Å². The van der Waals surface area contributed by atoms with Gasteiger partial charge in [-0.1, -0.05) is 17.7 Å². The molecule has 0 radical (unpaired) electrons. The molecule has 4 rings (SSSR count). The Balaban J connectivity index is 1.49. The Morgan fingerprint density at radius 2 is 2.18 bits per heavy atom. The summed E-state index contributed by atoms with van der Waals surface area (Å²) in [5, 5.41) is 8.91. The molecule has 1 amide bonds. The van der Waals surface area contributed by atoms with E-state index in [1.54, 1.807) is 16.8 Å². The van der Waals surface area contributed by atoms with Gasteiger partial charge < -0.3 is 10.1 Å². The van der Waals surface area contributed by atoms with Crippen molar-refractivity contribution in [2.24, 2.45) is 5.92 Å². The van der Waals surface area contributed by atoms with Gasteiger partial charge in [0, 0.05) is 16.5 Å². The molecule has 0 aliphatic heterocycles. The molecule has 1 N–H and O–H groups in total. The van der Waals surface area contributed by atoms with Crippen molar-refractivity contribution in [1.82, 2.24) is 15.1 Å². The summed E-state index contributed by atoms with van der Waals surface area (Å²) in [4.78, 5) is 25.6. The summed E-state index contributed by atoms with van der Waals surface area (Å²) < 4.78 is 6.97. The van der Waals surface area contributed by atoms with Crippen molar-refractivity contribution in [1.29, 1.82) is 0 Å². The van der Waals surface area contributed by atoms with E-state index in [4.69, 9.17) is 16.3 Å². The molecule has 146 valence electrons. The van der Waals surface area contributed by atoms with Gasteiger partial charge in [0.05, 0.1) is 11.4 Å². The highest BCUT2D eigenvalue weighted by Gasteiger charge is 2.29. The van der Waals surface area contributed by atoms with E-state index in [0.29, 0.717) is 15.8 Å². The third-order valence-electron chi connectivity index (χ3n) is 4.85. The van der Waals surface area contributed by atoms with Gasteiger partial charge in [-0.2, -0.15) is 5.10 Å². The monoisotopic (exact) mass is 417 g/mol. The van der Waals surface area contributed by atoms with E-state index in [2.05, 4.69) is 10.4 Å². The van der Waals surface area contributed by atoms with Gasteiger partial charge in [-0.25, -0.2) is 9.48 Å². The highest BCUT2D eigenvalue weighted by molar-refractivity contribution is 7.20. The first kappa shape index (κ1) is 19.0. The first-order chi connectivity index (χ1) is 13.4. The molecule has 0 unspecified atom stereocenters. The quantitative estimate of drug-likeness (QED) is 0.612. The fourth-order valence-corrected chi connectivity index (χ4v) is 4.40. The average Bonchev–Trinajstić information content (AvgIpc) is 3.35. The Hall–Kier alpha value is -2.38. The van der Waals surface area contributed by atoms with Crippen molar-refractivity contribution in [3.63, 3.8) is 0 Å². The molecule has 0 saturated heterocycles. The van der Waals surface area contributed by atoms with Gasteiger partial charge in [0.1, 0.15) is 9.71 Å². The van der Waals surface area contributed by atoms with Gasteiger partial charge >= 0.3 is 5.97 Å². The second kappa shape index (κ2) is 7.56. The lowest BCUT2D eigenvalue weighted by Crippen LogP contribution is -2.37. The van der Waals surface area contributed by atoms with Crippen LogP contribution in [0.4, 0.5) is 0 Å². The number of ether oxygens (including phenoxy) is 1. The number of aromatic nitrogens is 2. The van der Waals surface area contributed by atoms with Gasteiger partial charge in [0.25, 0.3) is 5.91 Å². The molecule has 1 fully saturated rings. The summed E-state index contributed by atoms with van der Waals surface area (Å²) >= 11 is 7.37. The Morgan fingerprint density at radius 3 is 2.89 bits per heavy atom. The minimum absolute atomic E-state index is 0.127. The summed E-state index contributed by atoms with van der Waals surface area (Å²) in [5.41, 5.74) is 1.63. The molecule has 1 aliphatic carbocycles. The lowest BCUT2D eigenvalue weighted by molar-refractivity contribution is -0.124. The first-order valence-corrected chi connectivity index (χ1v) is 10.3. The van der Waals surface area contributed by atoms with E-state index < -0.39 is 5.97 Å². The standard InChI is InChI=1S/C20H20ClN3O3S/c1-11(13-6-7-13)22-18(25)10-27-20(26)17-9-16-12(2)23-24(19(16)28-17)15-5-3-4-14(21)8-15/h3-5,8-9,11,13H,6-7,10H2,1-2H3,(H,22,25)/t11-/m1/s1. The molecule has 1 saturated carbocycles. The SMILES string of the molecule is Cc1nn(-c2cccc(Cl)c2)c2sc(C(=O)OCC(=O)N[C@H](C)C3CC3)cc12. The smallest absolute Gasteiger partial charge is 0.348 e. The molecular weight excluding hydrogens is 398 g/mol. The minimum Gasteiger partial charge on any atom is -0.451 e. The maximum atomic E-state index is 12.4. The molecular formula is C20H20ClN3O3S. The molecule has 0 bridgehead atoms. The summed E-state index contributed by atoms with van der Waals surface area (Å²) in [7, 11) is 0. The Labute approximate surface area is 171 Å². The third-order valence-corrected chi connectivity index (χ3v) is 6.18. The number of nitrogens with zero attached hydrogens (tertiary/aromatic N) is 2. The zero-order valence-electron chi connectivity index (χ0n) is 15.6. The summed E-state index contributed by atoms with van der Waals surface area (Å²) in [6, 6.07) is 9.25. The molecule has 3 aromatic rings. The Kier molecular flexibility index (Phi) is 5.12. The number of carbonyl (C=O) groups excluding carboxylic acids is 2. The van der Waals surface area contributed by atoms with Crippen LogP contribution in [0, 0.1) is 12.8 Å². The van der Waals surface area contributed by atoms with Crippen molar-refractivity contribution in [2.75, 3.05) is 6.61 Å². The number of rotatable bonds is 6. The zero-order chi connectivity index (χ0) is 19.8. The maximum absolute atomic E-state index is 12.4. The lowest BCUT2D eigenvalue weighted by Gasteiger charge is -2.12. The van der Waals surface area contributed by atoms with Gasteiger partial charge in [0.2, 0.25) is 0 Å². The molecule has 8 heteroatoms. The molecule has 28 heavy (non-hydrogen) atoms. The number of halogens is 1. The number of benzene rings is 1. The topological polar surface area (TPSA) is 73.2 Å². The van der Waals surface area contributed by atoms with Crippen LogP contribution in [0.25, 0.3) is 15.9 Å². The van der Waals surface area contributed by atoms with Crippen LogP contribution in [0.3, 0.4) is 0 Å². The number of carbonyl (C=O) groups is 2. The van der Waals surface area contributed by atoms with Crippen molar-refractivity contribution in [3.05, 3.63) is 45.9 Å². The van der Waals surface area contributed by atoms with Crippen molar-refractivity contribution < 1.29 is 14.3 Å². The van der Waals surface area contributed by atoms with Crippen LogP contribution in [0.2, 0.25) is 5.02 Å². The maximum Gasteiger partial charge on any atom is 0.348 e. The van der Waals surface area contributed by atoms with Gasteiger partial charge in [-0.15, -0.1) is 11.3 Å². The molecule has 2 heterocycles. The van der Waals surface area contributed by atoms with E-state index in [1.807, 2.05) is 32.0 Å². The van der Waals surface area contributed by atoms with Crippen LogP contribution in [0.1, 0.15) is 35.1 Å². The molecule has 6 nitrogen and oxygen atoms in total. The predicted octanol–water partition coefficient (Wildman–Crippen LogP) is 4.12. The first-order valence-electron chi connectivity index (χ1n) is 9.14. The number of amides is 1. The van der Waals surface area contributed by atoms with Crippen molar-refractivity contribution in [3.8, 4) is 5.69 Å². The summed E-state index contributed by atoms with van der Waals surface area (Å²) in [5.74, 6) is -0.220. The normalized spacial score (nSPS) is 14.8. The number of nitrogens with one attached hydrogen (secondary N) is 1. The van der Waals surface area contributed by atoms with E-state index in [-0.39, 0.29) is 18.6 Å². The van der Waals surface area contributed by atoms with E-state index in [1.165, 1.54) is 11.3 Å². The molecule has 2 aromatic heterocycles. The summed E-state index contributed by atoms with van der Waals surface area (Å²) in [6.45, 7) is 3.59. The zero-order valence-corrected chi connectivity index (χ0v) is 17.1. The Morgan fingerprint density at radius 1 is 1.39 bits per heavy atom. The van der Waals surface area contributed by atoms with E-state index >= 15 is 0 Å². The number of esters is 1. The van der Waals surface area contributed by atoms with E-state index in [0.717, 1.165) is 34.4 Å². The number of hydrogen-bond acceptors (Lipinski definition) is 5. The second-order valence-electron chi connectivity index (χ2n) is 7.08. The highest BCUT2D eigenvalue weighted by Crippen LogP contribution is 2.32. The van der Waals surface area contributed by atoms with Crippen LogP contribution in [-0.2, 0) is 9.53 Å². The van der Waals surface area contributed by atoms with Crippen molar-refractivity contribution >= 4 is 45.0 Å². The van der Waals surface area contributed by atoms with Crippen LogP contribution in [-0.4, -0.2) is 34.3 Å². The summed E-state index contributed by atoms with van der Waals surface area (Å²) in [6.07, 6.45) is 2.29. The largest absolute Gasteiger partial charge is 0.451 e. The number of fused-ring (bicyclic) bond motifs is 1. The minimum atomic E-state index is -0.507. The second-order valence-corrected chi connectivity index (χ2v) is 8.54. The molecule has 0 spiro atoms. The van der Waals surface area contributed by atoms with Gasteiger partial charge in [0.15, 0.2) is 6.61 Å². The molecule has 1 aliphatic rings. The van der Waals surface area contributed by atoms with E-state index in [9.17, 15) is 9.59 Å². The van der Waals surface area contributed by atoms with Gasteiger partial charge in [-0.3, -0.25) is 4.79 Å². The third kappa shape index (κ3) is 3.91. The predicted molar refractivity (Wildman–Crippen MR) is 109 cm³/mol. The van der Waals surface area contributed by atoms with Crippen molar-refractivity contribution in [2.45, 2.75) is 32.7 Å². The fraction of sp³-hybridized carbons (Fsp3) is 0.350. The fourth-order valence-electron chi connectivity index (χ4n) is 3.14. The average molecular weight is 418 g/mol. The van der Waals surface area contributed by atoms with Crippen LogP contribution in [0.5, 0.6) is 0 Å². The Bertz CT molecular complexity index is 1050. The molecule has 1 atom stereocenters. The lowest BCUT2D eigenvalue weighted by atomic mass is 10.2. The van der Waals surface area contributed by atoms with Crippen LogP contribution >= 0.6 is 22.9 Å². The molecule has 1 aromatic carbocycles. The number of hydrogen-bond donors (Lipinski definition) is 1. The van der Waals surface area contributed by atoms with Gasteiger partial charge in [-0.05, 0) is 56.9 Å². The van der Waals surface area contributed by atoms with Crippen LogP contribution < -0.4 is 5.32 Å².